The highest BCUT2D eigenvalue weighted by molar-refractivity contribution is 9.10. The Bertz CT molecular complexity index is 617. The first-order valence-electron chi connectivity index (χ1n) is 5.21. The summed E-state index contributed by atoms with van der Waals surface area (Å²) in [5.41, 5.74) is 1.16. The van der Waals surface area contributed by atoms with Gasteiger partial charge in [0, 0.05) is 15.6 Å². The van der Waals surface area contributed by atoms with Gasteiger partial charge in [0.2, 0.25) is 0 Å². The minimum atomic E-state index is -0.478. The van der Waals surface area contributed by atoms with E-state index in [1.54, 1.807) is 25.2 Å². The summed E-state index contributed by atoms with van der Waals surface area (Å²) >= 11 is 22.4. The number of thiophene rings is 1. The molecule has 1 atom stereocenters. The monoisotopic (exact) mass is 401 g/mol. The topological polar surface area (TPSA) is 12.0 Å². The van der Waals surface area contributed by atoms with Crippen molar-refractivity contribution in [3.05, 3.63) is 53.3 Å². The largest absolute Gasteiger partial charge is 0.309 e. The molecule has 1 N–H and O–H groups in total. The van der Waals surface area contributed by atoms with Crippen LogP contribution in [0.5, 0.6) is 0 Å². The molecule has 0 saturated carbocycles. The maximum atomic E-state index is 14.2. The van der Waals surface area contributed by atoms with Gasteiger partial charge in [0.05, 0.1) is 19.7 Å². The van der Waals surface area contributed by atoms with E-state index in [1.807, 2.05) is 0 Å². The number of nitrogens with one attached hydrogen (secondary N) is 1. The van der Waals surface area contributed by atoms with Gasteiger partial charge in [-0.15, -0.1) is 11.3 Å². The maximum Gasteiger partial charge on any atom is 0.148 e. The van der Waals surface area contributed by atoms with Gasteiger partial charge in [-0.25, -0.2) is 4.39 Å². The van der Waals surface area contributed by atoms with Gasteiger partial charge in [0.15, 0.2) is 0 Å². The second-order valence-electron chi connectivity index (χ2n) is 3.77. The second kappa shape index (κ2) is 6.29. The number of rotatable bonds is 3. The highest BCUT2D eigenvalue weighted by Crippen LogP contribution is 2.39. The van der Waals surface area contributed by atoms with Crippen molar-refractivity contribution in [2.75, 3.05) is 7.05 Å². The third-order valence-corrected chi connectivity index (χ3v) is 5.44. The van der Waals surface area contributed by atoms with Crippen LogP contribution >= 0.6 is 62.1 Å². The van der Waals surface area contributed by atoms with E-state index >= 15 is 0 Å². The van der Waals surface area contributed by atoms with E-state index in [9.17, 15) is 4.39 Å². The predicted molar refractivity (Wildman–Crippen MR) is 84.4 cm³/mol. The first-order chi connectivity index (χ1) is 8.95. The molecule has 1 aromatic heterocycles. The molecule has 102 valence electrons. The molecule has 1 unspecified atom stereocenters. The van der Waals surface area contributed by atoms with E-state index in [4.69, 9.17) is 34.8 Å². The van der Waals surface area contributed by atoms with Crippen molar-refractivity contribution in [3.8, 4) is 0 Å². The summed E-state index contributed by atoms with van der Waals surface area (Å²) in [6.45, 7) is 0. The van der Waals surface area contributed by atoms with Crippen LogP contribution in [0.3, 0.4) is 0 Å². The fraction of sp³-hybridized carbons (Fsp3) is 0.167. The standard InChI is InChI=1S/C12H8BrCl3FNS/c1-18-11(6-4-8(14)19-12(6)16)5-2-3-7(13)9(15)10(5)17/h2-4,11,18H,1H3. The maximum absolute atomic E-state index is 14.2. The molecular weight excluding hydrogens is 395 g/mol. The van der Waals surface area contributed by atoms with Gasteiger partial charge in [-0.1, -0.05) is 40.9 Å². The van der Waals surface area contributed by atoms with E-state index in [1.165, 1.54) is 11.3 Å². The molecule has 2 rings (SSSR count). The molecule has 0 fully saturated rings. The van der Waals surface area contributed by atoms with Crippen molar-refractivity contribution >= 4 is 62.1 Å². The molecule has 1 heterocycles. The molecule has 0 aliphatic heterocycles. The lowest BCUT2D eigenvalue weighted by Crippen LogP contribution is -2.18. The Hall–Kier alpha value is 0.160. The second-order valence-corrected chi connectivity index (χ2v) is 7.28. The van der Waals surface area contributed by atoms with Crippen LogP contribution in [0.1, 0.15) is 17.2 Å². The molecule has 0 bridgehead atoms. The van der Waals surface area contributed by atoms with Gasteiger partial charge in [-0.2, -0.15) is 0 Å². The van der Waals surface area contributed by atoms with E-state index in [0.717, 1.165) is 5.56 Å². The van der Waals surface area contributed by atoms with Crippen molar-refractivity contribution in [2.24, 2.45) is 0 Å². The Balaban J connectivity index is 2.54. The van der Waals surface area contributed by atoms with E-state index < -0.39 is 11.9 Å². The van der Waals surface area contributed by atoms with Crippen molar-refractivity contribution in [1.29, 1.82) is 0 Å². The summed E-state index contributed by atoms with van der Waals surface area (Å²) < 4.78 is 15.9. The highest BCUT2D eigenvalue weighted by atomic mass is 79.9. The summed E-state index contributed by atoms with van der Waals surface area (Å²) in [5, 5.41) is 3.08. The molecule has 1 aromatic carbocycles. The fourth-order valence-electron chi connectivity index (χ4n) is 1.79. The number of hydrogen-bond donors (Lipinski definition) is 1. The molecule has 0 spiro atoms. The van der Waals surface area contributed by atoms with Crippen LogP contribution in [0.25, 0.3) is 0 Å². The Kier molecular flexibility index (Phi) is 5.15. The van der Waals surface area contributed by atoms with Crippen LogP contribution in [0.4, 0.5) is 4.39 Å². The van der Waals surface area contributed by atoms with Gasteiger partial charge in [-0.3, -0.25) is 0 Å². The van der Waals surface area contributed by atoms with Gasteiger partial charge < -0.3 is 5.32 Å². The number of hydrogen-bond acceptors (Lipinski definition) is 2. The molecule has 0 aliphatic rings. The van der Waals surface area contributed by atoms with Crippen LogP contribution in [-0.2, 0) is 0 Å². The average molecular weight is 404 g/mol. The Morgan fingerprint density at radius 2 is 1.95 bits per heavy atom. The number of benzene rings is 1. The van der Waals surface area contributed by atoms with Gasteiger partial charge in [-0.05, 0) is 35.1 Å². The van der Waals surface area contributed by atoms with Crippen LogP contribution in [0, 0.1) is 5.82 Å². The first kappa shape index (κ1) is 15.5. The SMILES string of the molecule is CNC(c1cc(Cl)sc1Cl)c1ccc(Br)c(Cl)c1F. The summed E-state index contributed by atoms with van der Waals surface area (Å²) in [7, 11) is 1.72. The lowest BCUT2D eigenvalue weighted by atomic mass is 10.0. The van der Waals surface area contributed by atoms with Crippen molar-refractivity contribution < 1.29 is 4.39 Å². The minimum absolute atomic E-state index is 0.0511. The van der Waals surface area contributed by atoms with Crippen molar-refractivity contribution in [1.82, 2.24) is 5.32 Å². The highest BCUT2D eigenvalue weighted by Gasteiger charge is 2.23. The molecular formula is C12H8BrCl3FNS. The Labute approximate surface area is 137 Å². The summed E-state index contributed by atoms with van der Waals surface area (Å²) in [5.74, 6) is -0.478. The average Bonchev–Trinajstić information content (AvgIpc) is 2.69. The Morgan fingerprint density at radius 1 is 1.26 bits per heavy atom. The zero-order valence-corrected chi connectivity index (χ0v) is 14.3. The number of halogens is 5. The lowest BCUT2D eigenvalue weighted by Gasteiger charge is -2.18. The van der Waals surface area contributed by atoms with Gasteiger partial charge >= 0.3 is 0 Å². The molecule has 7 heteroatoms. The quantitative estimate of drug-likeness (QED) is 0.628. The smallest absolute Gasteiger partial charge is 0.148 e. The van der Waals surface area contributed by atoms with Gasteiger partial charge in [0.25, 0.3) is 0 Å². The molecule has 2 aromatic rings. The lowest BCUT2D eigenvalue weighted by molar-refractivity contribution is 0.576. The molecule has 0 radical (unpaired) electrons. The zero-order valence-electron chi connectivity index (χ0n) is 9.61. The molecule has 0 saturated heterocycles. The molecule has 1 nitrogen and oxygen atoms in total. The molecule has 0 aliphatic carbocycles. The van der Waals surface area contributed by atoms with E-state index in [-0.39, 0.29) is 5.02 Å². The minimum Gasteiger partial charge on any atom is -0.309 e. The summed E-state index contributed by atoms with van der Waals surface area (Å²) in [6.07, 6.45) is 0. The van der Waals surface area contributed by atoms with Crippen molar-refractivity contribution in [2.45, 2.75) is 6.04 Å². The normalized spacial score (nSPS) is 12.7. The van der Waals surface area contributed by atoms with Crippen LogP contribution in [0.2, 0.25) is 13.7 Å². The third kappa shape index (κ3) is 3.09. The molecule has 19 heavy (non-hydrogen) atoms. The first-order valence-corrected chi connectivity index (χ1v) is 7.95. The summed E-state index contributed by atoms with van der Waals surface area (Å²) in [4.78, 5) is 0. The van der Waals surface area contributed by atoms with E-state index in [0.29, 0.717) is 18.7 Å². The van der Waals surface area contributed by atoms with Crippen molar-refractivity contribution in [3.63, 3.8) is 0 Å². The summed E-state index contributed by atoms with van der Waals surface area (Å²) in [6, 6.07) is 4.69. The van der Waals surface area contributed by atoms with Crippen LogP contribution in [0.15, 0.2) is 22.7 Å². The van der Waals surface area contributed by atoms with E-state index in [2.05, 4.69) is 21.2 Å². The Morgan fingerprint density at radius 3 is 2.47 bits per heavy atom. The zero-order chi connectivity index (χ0) is 14.2. The fourth-order valence-corrected chi connectivity index (χ4v) is 3.80. The van der Waals surface area contributed by atoms with Gasteiger partial charge in [0.1, 0.15) is 5.82 Å². The predicted octanol–water partition coefficient (Wildman–Crippen LogP) is 5.92. The van der Waals surface area contributed by atoms with Crippen LogP contribution in [-0.4, -0.2) is 7.05 Å². The molecule has 0 amide bonds. The van der Waals surface area contributed by atoms with Crippen LogP contribution < -0.4 is 5.32 Å². The third-order valence-electron chi connectivity index (χ3n) is 2.66.